The van der Waals surface area contributed by atoms with Gasteiger partial charge in [-0.1, -0.05) is 12.1 Å². The fraction of sp³-hybridized carbons (Fsp3) is 0.500. The lowest BCUT2D eigenvalue weighted by Gasteiger charge is -2.31. The summed E-state index contributed by atoms with van der Waals surface area (Å²) in [5, 5.41) is 2.86. The molecule has 0 aliphatic carbocycles. The van der Waals surface area contributed by atoms with E-state index in [2.05, 4.69) is 5.32 Å². The van der Waals surface area contributed by atoms with Gasteiger partial charge < -0.3 is 15.0 Å². The molecule has 1 aliphatic heterocycles. The van der Waals surface area contributed by atoms with E-state index in [-0.39, 0.29) is 23.9 Å². The van der Waals surface area contributed by atoms with E-state index in [0.29, 0.717) is 17.8 Å². The highest BCUT2D eigenvalue weighted by atomic mass is 16.5. The largest absolute Gasteiger partial charge is 0.364 e. The van der Waals surface area contributed by atoms with Gasteiger partial charge in [0.1, 0.15) is 25.3 Å². The summed E-state index contributed by atoms with van der Waals surface area (Å²) < 4.78 is 5.67. The third-order valence-corrected chi connectivity index (χ3v) is 3.58. The predicted octanol–water partition coefficient (Wildman–Crippen LogP) is 0.520. The number of hydrogen-bond acceptors (Lipinski definition) is 3. The molecule has 1 amide bonds. The maximum atomic E-state index is 12.1. The van der Waals surface area contributed by atoms with Crippen LogP contribution < -0.4 is 10.2 Å². The molecule has 2 atom stereocenters. The number of ether oxygens (including phenoxy) is 1. The van der Waals surface area contributed by atoms with Crippen LogP contribution in [-0.4, -0.2) is 43.5 Å². The van der Waals surface area contributed by atoms with E-state index >= 15 is 0 Å². The molecule has 1 aromatic rings. The lowest BCUT2D eigenvalue weighted by Crippen LogP contribution is -3.16. The molecule has 0 aromatic heterocycles. The molecular weight excluding hydrogens is 268 g/mol. The Kier molecular flexibility index (Phi) is 5.09. The van der Waals surface area contributed by atoms with Gasteiger partial charge in [-0.2, -0.15) is 0 Å². The van der Waals surface area contributed by atoms with Crippen molar-refractivity contribution in [1.29, 1.82) is 0 Å². The molecule has 5 nitrogen and oxygen atoms in total. The van der Waals surface area contributed by atoms with E-state index in [0.717, 1.165) is 13.1 Å². The maximum Gasteiger partial charge on any atom is 0.279 e. The number of carbonyl (C=O) groups is 2. The van der Waals surface area contributed by atoms with Crippen LogP contribution in [0, 0.1) is 0 Å². The van der Waals surface area contributed by atoms with Crippen LogP contribution in [0.3, 0.4) is 0 Å². The molecule has 1 aliphatic rings. The van der Waals surface area contributed by atoms with Crippen LogP contribution in [0.15, 0.2) is 24.3 Å². The van der Waals surface area contributed by atoms with Gasteiger partial charge in [0.2, 0.25) is 0 Å². The highest BCUT2D eigenvalue weighted by molar-refractivity contribution is 5.97. The summed E-state index contributed by atoms with van der Waals surface area (Å²) in [5.41, 5.74) is 1.27. The van der Waals surface area contributed by atoms with Crippen molar-refractivity contribution in [1.82, 2.24) is 0 Å². The molecule has 0 spiro atoms. The topological polar surface area (TPSA) is 59.8 Å². The number of morpholine rings is 1. The zero-order chi connectivity index (χ0) is 15.4. The molecule has 5 heteroatoms. The number of rotatable bonds is 4. The number of quaternary nitrogens is 1. The Hall–Kier alpha value is -1.72. The van der Waals surface area contributed by atoms with Crippen molar-refractivity contribution in [2.75, 3.05) is 25.0 Å². The van der Waals surface area contributed by atoms with Crippen molar-refractivity contribution >= 4 is 17.4 Å². The molecule has 1 fully saturated rings. The summed E-state index contributed by atoms with van der Waals surface area (Å²) >= 11 is 0. The first-order chi connectivity index (χ1) is 9.94. The van der Waals surface area contributed by atoms with Gasteiger partial charge in [-0.05, 0) is 32.9 Å². The van der Waals surface area contributed by atoms with Gasteiger partial charge in [-0.3, -0.25) is 9.59 Å². The van der Waals surface area contributed by atoms with Crippen molar-refractivity contribution in [2.45, 2.75) is 33.0 Å². The molecule has 2 rings (SSSR count). The van der Waals surface area contributed by atoms with E-state index in [9.17, 15) is 9.59 Å². The minimum Gasteiger partial charge on any atom is -0.364 e. The van der Waals surface area contributed by atoms with Gasteiger partial charge in [0.05, 0.1) is 0 Å². The van der Waals surface area contributed by atoms with E-state index < -0.39 is 0 Å². The number of hydrogen-bond donors (Lipinski definition) is 2. The first-order valence-corrected chi connectivity index (χ1v) is 7.34. The number of benzene rings is 1. The second-order valence-electron chi connectivity index (χ2n) is 5.78. The highest BCUT2D eigenvalue weighted by Crippen LogP contribution is 2.10. The van der Waals surface area contributed by atoms with Gasteiger partial charge in [0.25, 0.3) is 5.91 Å². The van der Waals surface area contributed by atoms with Crippen molar-refractivity contribution in [2.24, 2.45) is 0 Å². The summed E-state index contributed by atoms with van der Waals surface area (Å²) in [4.78, 5) is 24.7. The van der Waals surface area contributed by atoms with Crippen LogP contribution in [0.2, 0.25) is 0 Å². The Morgan fingerprint density at radius 1 is 1.29 bits per heavy atom. The van der Waals surface area contributed by atoms with Crippen LogP contribution >= 0.6 is 0 Å². The van der Waals surface area contributed by atoms with Gasteiger partial charge in [0.15, 0.2) is 12.3 Å². The lowest BCUT2D eigenvalue weighted by atomic mass is 10.1. The summed E-state index contributed by atoms with van der Waals surface area (Å²) in [6, 6.07) is 7.02. The van der Waals surface area contributed by atoms with E-state index in [1.165, 1.54) is 11.8 Å². The Balaban J connectivity index is 1.92. The minimum absolute atomic E-state index is 0.00690. The molecule has 114 valence electrons. The molecule has 0 radical (unpaired) electrons. The standard InChI is InChI=1S/C16H22N2O3/c1-11-8-18(9-12(2)21-11)10-16(20)17-15-6-4-5-14(7-15)13(3)19/h4-7,11-12H,8-10H2,1-3H3,(H,17,20)/p+1/t11-,12-/m1/s1. The van der Waals surface area contributed by atoms with Crippen molar-refractivity contribution in [3.63, 3.8) is 0 Å². The van der Waals surface area contributed by atoms with Gasteiger partial charge in [-0.25, -0.2) is 0 Å². The number of nitrogens with one attached hydrogen (secondary N) is 2. The Morgan fingerprint density at radius 3 is 2.57 bits per heavy atom. The summed E-state index contributed by atoms with van der Waals surface area (Å²) in [6.07, 6.45) is 0.357. The quantitative estimate of drug-likeness (QED) is 0.795. The highest BCUT2D eigenvalue weighted by Gasteiger charge is 2.27. The number of anilines is 1. The summed E-state index contributed by atoms with van der Waals surface area (Å²) in [7, 11) is 0. The average molecular weight is 291 g/mol. The van der Waals surface area contributed by atoms with E-state index in [1.54, 1.807) is 24.3 Å². The monoisotopic (exact) mass is 291 g/mol. The van der Waals surface area contributed by atoms with Crippen LogP contribution in [0.5, 0.6) is 0 Å². The van der Waals surface area contributed by atoms with Gasteiger partial charge >= 0.3 is 0 Å². The van der Waals surface area contributed by atoms with Crippen molar-refractivity contribution in [3.05, 3.63) is 29.8 Å². The van der Waals surface area contributed by atoms with Crippen LogP contribution in [0.4, 0.5) is 5.69 Å². The Bertz CT molecular complexity index is 520. The average Bonchev–Trinajstić information content (AvgIpc) is 2.37. The second-order valence-corrected chi connectivity index (χ2v) is 5.78. The van der Waals surface area contributed by atoms with E-state index in [1.807, 2.05) is 13.8 Å². The zero-order valence-electron chi connectivity index (χ0n) is 12.8. The Labute approximate surface area is 125 Å². The molecule has 21 heavy (non-hydrogen) atoms. The normalized spacial score (nSPS) is 25.4. The molecule has 0 saturated carbocycles. The first-order valence-electron chi connectivity index (χ1n) is 7.34. The third-order valence-electron chi connectivity index (χ3n) is 3.58. The van der Waals surface area contributed by atoms with Crippen LogP contribution in [0.25, 0.3) is 0 Å². The number of carbonyl (C=O) groups excluding carboxylic acids is 2. The molecule has 0 bridgehead atoms. The minimum atomic E-state index is -0.0352. The molecule has 1 aromatic carbocycles. The molecule has 1 heterocycles. The third kappa shape index (κ3) is 4.65. The molecule has 2 N–H and O–H groups in total. The Morgan fingerprint density at radius 2 is 1.95 bits per heavy atom. The lowest BCUT2D eigenvalue weighted by molar-refractivity contribution is -0.907. The summed E-state index contributed by atoms with van der Waals surface area (Å²) in [6.45, 7) is 7.67. The van der Waals surface area contributed by atoms with Gasteiger partial charge in [-0.15, -0.1) is 0 Å². The fourth-order valence-electron chi connectivity index (χ4n) is 2.78. The number of ketones is 1. The predicted molar refractivity (Wildman–Crippen MR) is 80.6 cm³/mol. The van der Waals surface area contributed by atoms with Gasteiger partial charge in [0, 0.05) is 11.3 Å². The number of amides is 1. The van der Waals surface area contributed by atoms with Crippen LogP contribution in [-0.2, 0) is 9.53 Å². The number of Topliss-reactive ketones (excluding diaryl/α,β-unsaturated/α-hetero) is 1. The second kappa shape index (κ2) is 6.83. The molecule has 0 unspecified atom stereocenters. The van der Waals surface area contributed by atoms with E-state index in [4.69, 9.17) is 4.74 Å². The van der Waals surface area contributed by atoms with Crippen molar-refractivity contribution < 1.29 is 19.2 Å². The molecule has 1 saturated heterocycles. The fourth-order valence-corrected chi connectivity index (χ4v) is 2.78. The first kappa shape index (κ1) is 15.7. The van der Waals surface area contributed by atoms with Crippen LogP contribution in [0.1, 0.15) is 31.1 Å². The zero-order valence-corrected chi connectivity index (χ0v) is 12.8. The SMILES string of the molecule is CC(=O)c1cccc(NC(=O)C[NH+]2C[C@@H](C)O[C@H](C)C2)c1. The smallest absolute Gasteiger partial charge is 0.279 e. The maximum absolute atomic E-state index is 12.1. The van der Waals surface area contributed by atoms with Crippen molar-refractivity contribution in [3.8, 4) is 0 Å². The summed E-state index contributed by atoms with van der Waals surface area (Å²) in [5.74, 6) is -0.0421. The molecular formula is C16H23N2O3+.